The Labute approximate surface area is 214 Å². The molecule has 3 atom stereocenters. The molecule has 0 N–H and O–H groups in total. The zero-order chi connectivity index (χ0) is 25.6. The van der Waals surface area contributed by atoms with E-state index in [0.717, 1.165) is 25.7 Å². The standard InChI is InChI=1S/C27H27ClN2O6/c1-15-11-18(8-9-21(15)30-25(32)19-5-3-4-6-20(19)26(30)33)36-27(34)16-12-24(31)29(14-16)22-13-17(28)7-10-23(22)35-2/h7-11,13,16,19-20H,3-6,12,14H2,1-2H3/t16-,19-,20+/m1/s1. The van der Waals surface area contributed by atoms with Crippen LogP contribution in [0.1, 0.15) is 37.7 Å². The predicted octanol–water partition coefficient (Wildman–Crippen LogP) is 4.30. The van der Waals surface area contributed by atoms with Gasteiger partial charge < -0.3 is 14.4 Å². The minimum atomic E-state index is -0.661. The number of hydrogen-bond acceptors (Lipinski definition) is 6. The first-order valence-electron chi connectivity index (χ1n) is 12.1. The minimum Gasteiger partial charge on any atom is -0.495 e. The van der Waals surface area contributed by atoms with Crippen molar-refractivity contribution in [2.24, 2.45) is 17.8 Å². The van der Waals surface area contributed by atoms with E-state index in [1.54, 1.807) is 43.3 Å². The molecule has 3 amide bonds. The van der Waals surface area contributed by atoms with Crippen molar-refractivity contribution in [3.63, 3.8) is 0 Å². The number of aryl methyl sites for hydroxylation is 1. The van der Waals surface area contributed by atoms with Crippen molar-refractivity contribution in [3.8, 4) is 11.5 Å². The van der Waals surface area contributed by atoms with E-state index >= 15 is 0 Å². The topological polar surface area (TPSA) is 93.2 Å². The molecule has 0 unspecified atom stereocenters. The third-order valence-corrected chi connectivity index (χ3v) is 7.59. The monoisotopic (exact) mass is 510 g/mol. The fourth-order valence-electron chi connectivity index (χ4n) is 5.51. The van der Waals surface area contributed by atoms with Gasteiger partial charge in [-0.3, -0.25) is 19.2 Å². The average Bonchev–Trinajstić information content (AvgIpc) is 3.37. The van der Waals surface area contributed by atoms with Crippen LogP contribution in [0.25, 0.3) is 0 Å². The van der Waals surface area contributed by atoms with Gasteiger partial charge in [-0.25, -0.2) is 4.90 Å². The summed E-state index contributed by atoms with van der Waals surface area (Å²) in [6.07, 6.45) is 3.43. The van der Waals surface area contributed by atoms with Gasteiger partial charge in [-0.15, -0.1) is 0 Å². The number of halogens is 1. The van der Waals surface area contributed by atoms with Crippen LogP contribution in [0.15, 0.2) is 36.4 Å². The van der Waals surface area contributed by atoms with Gasteiger partial charge in [0, 0.05) is 18.0 Å². The number of benzene rings is 2. The summed E-state index contributed by atoms with van der Waals surface area (Å²) in [6, 6.07) is 9.84. The smallest absolute Gasteiger partial charge is 0.316 e. The summed E-state index contributed by atoms with van der Waals surface area (Å²) in [5.41, 5.74) is 1.69. The van der Waals surface area contributed by atoms with Crippen LogP contribution in [0.2, 0.25) is 5.02 Å². The van der Waals surface area contributed by atoms with Gasteiger partial charge >= 0.3 is 5.97 Å². The number of amides is 3. The summed E-state index contributed by atoms with van der Waals surface area (Å²) in [4.78, 5) is 54.3. The fraction of sp³-hybridized carbons (Fsp3) is 0.407. The number of carbonyl (C=O) groups is 4. The molecule has 188 valence electrons. The molecule has 3 aliphatic rings. The number of carbonyl (C=O) groups excluding carboxylic acids is 4. The van der Waals surface area contributed by atoms with E-state index in [1.807, 2.05) is 0 Å². The van der Waals surface area contributed by atoms with E-state index < -0.39 is 11.9 Å². The van der Waals surface area contributed by atoms with Crippen molar-refractivity contribution in [1.82, 2.24) is 0 Å². The fourth-order valence-corrected chi connectivity index (χ4v) is 5.68. The van der Waals surface area contributed by atoms with E-state index in [0.29, 0.717) is 33.5 Å². The Morgan fingerprint density at radius 3 is 2.31 bits per heavy atom. The highest BCUT2D eigenvalue weighted by Gasteiger charge is 2.49. The van der Waals surface area contributed by atoms with Crippen molar-refractivity contribution >= 4 is 46.7 Å². The molecular weight excluding hydrogens is 484 g/mol. The van der Waals surface area contributed by atoms with E-state index in [-0.39, 0.29) is 42.5 Å². The maximum absolute atomic E-state index is 13.0. The Balaban J connectivity index is 1.29. The van der Waals surface area contributed by atoms with Crippen LogP contribution in [0.4, 0.5) is 11.4 Å². The molecule has 2 aliphatic heterocycles. The van der Waals surface area contributed by atoms with Gasteiger partial charge in [-0.05, 0) is 61.7 Å². The first-order chi connectivity index (χ1) is 17.3. The summed E-state index contributed by atoms with van der Waals surface area (Å²) >= 11 is 6.10. The molecule has 36 heavy (non-hydrogen) atoms. The number of methoxy groups -OCH3 is 1. The van der Waals surface area contributed by atoms with Crippen molar-refractivity contribution in [2.45, 2.75) is 39.0 Å². The molecule has 5 rings (SSSR count). The predicted molar refractivity (Wildman–Crippen MR) is 133 cm³/mol. The summed E-state index contributed by atoms with van der Waals surface area (Å²) < 4.78 is 10.9. The molecule has 2 aromatic rings. The summed E-state index contributed by atoms with van der Waals surface area (Å²) in [7, 11) is 1.50. The molecule has 3 fully saturated rings. The molecule has 1 aliphatic carbocycles. The second kappa shape index (κ2) is 9.58. The quantitative estimate of drug-likeness (QED) is 0.338. The average molecular weight is 511 g/mol. The number of hydrogen-bond donors (Lipinski definition) is 0. The number of ether oxygens (including phenoxy) is 2. The molecule has 2 saturated heterocycles. The number of fused-ring (bicyclic) bond motifs is 1. The molecule has 0 bridgehead atoms. The van der Waals surface area contributed by atoms with Gasteiger partial charge in [0.25, 0.3) is 0 Å². The van der Waals surface area contributed by atoms with E-state index in [9.17, 15) is 19.2 Å². The second-order valence-electron chi connectivity index (χ2n) is 9.60. The number of rotatable bonds is 5. The van der Waals surface area contributed by atoms with E-state index in [4.69, 9.17) is 21.1 Å². The molecule has 2 aromatic carbocycles. The van der Waals surface area contributed by atoms with Crippen molar-refractivity contribution < 1.29 is 28.7 Å². The molecule has 0 spiro atoms. The van der Waals surface area contributed by atoms with Crippen LogP contribution in [0.3, 0.4) is 0 Å². The Morgan fingerprint density at radius 2 is 1.67 bits per heavy atom. The highest BCUT2D eigenvalue weighted by Crippen LogP contribution is 2.41. The lowest BCUT2D eigenvalue weighted by Crippen LogP contribution is -2.31. The lowest BCUT2D eigenvalue weighted by Gasteiger charge is -2.20. The molecule has 9 heteroatoms. The Hall–Kier alpha value is -3.39. The van der Waals surface area contributed by atoms with Gasteiger partial charge in [0.05, 0.1) is 36.2 Å². The van der Waals surface area contributed by atoms with Crippen LogP contribution in [0, 0.1) is 24.7 Å². The van der Waals surface area contributed by atoms with Gasteiger partial charge in [-0.1, -0.05) is 24.4 Å². The van der Waals surface area contributed by atoms with Crippen LogP contribution < -0.4 is 19.3 Å². The Bertz CT molecular complexity index is 1240. The lowest BCUT2D eigenvalue weighted by molar-refractivity contribution is -0.139. The van der Waals surface area contributed by atoms with Gasteiger partial charge in [-0.2, -0.15) is 0 Å². The maximum atomic E-state index is 13.0. The minimum absolute atomic E-state index is 0.00508. The highest BCUT2D eigenvalue weighted by atomic mass is 35.5. The zero-order valence-corrected chi connectivity index (χ0v) is 20.9. The number of imide groups is 1. The van der Waals surface area contributed by atoms with E-state index in [1.165, 1.54) is 16.9 Å². The SMILES string of the molecule is COc1ccc(Cl)cc1N1C[C@H](C(=O)Oc2ccc(N3C(=O)[C@H]4CCCC[C@H]4C3=O)c(C)c2)CC1=O. The summed E-state index contributed by atoms with van der Waals surface area (Å²) in [6.45, 7) is 1.92. The van der Waals surface area contributed by atoms with Gasteiger partial charge in [0.1, 0.15) is 11.5 Å². The molecule has 0 radical (unpaired) electrons. The van der Waals surface area contributed by atoms with Crippen molar-refractivity contribution in [2.75, 3.05) is 23.5 Å². The summed E-state index contributed by atoms with van der Waals surface area (Å²) in [5, 5.41) is 0.453. The maximum Gasteiger partial charge on any atom is 0.316 e. The third kappa shape index (κ3) is 4.23. The first kappa shape index (κ1) is 24.3. The molecule has 1 saturated carbocycles. The van der Waals surface area contributed by atoms with Crippen LogP contribution in [-0.2, 0) is 19.2 Å². The molecule has 8 nitrogen and oxygen atoms in total. The summed E-state index contributed by atoms with van der Waals surface area (Å²) in [5.74, 6) is -1.38. The normalized spacial score (nSPS) is 23.8. The van der Waals surface area contributed by atoms with Crippen molar-refractivity contribution in [3.05, 3.63) is 47.0 Å². The van der Waals surface area contributed by atoms with Gasteiger partial charge in [0.15, 0.2) is 0 Å². The largest absolute Gasteiger partial charge is 0.495 e. The first-order valence-corrected chi connectivity index (χ1v) is 12.5. The van der Waals surface area contributed by atoms with Crippen molar-refractivity contribution in [1.29, 1.82) is 0 Å². The van der Waals surface area contributed by atoms with E-state index in [2.05, 4.69) is 0 Å². The number of anilines is 2. The molecular formula is C27H27ClN2O6. The molecule has 2 heterocycles. The van der Waals surface area contributed by atoms with Crippen LogP contribution in [-0.4, -0.2) is 37.3 Å². The number of esters is 1. The lowest BCUT2D eigenvalue weighted by atomic mass is 9.81. The Kier molecular flexibility index (Phi) is 6.47. The second-order valence-corrected chi connectivity index (χ2v) is 10.0. The number of nitrogens with zero attached hydrogens (tertiary/aromatic N) is 2. The molecule has 0 aromatic heterocycles. The zero-order valence-electron chi connectivity index (χ0n) is 20.2. The van der Waals surface area contributed by atoms with Crippen LogP contribution >= 0.6 is 11.6 Å². The van der Waals surface area contributed by atoms with Gasteiger partial charge in [0.2, 0.25) is 17.7 Å². The van der Waals surface area contributed by atoms with Crippen LogP contribution in [0.5, 0.6) is 11.5 Å². The third-order valence-electron chi connectivity index (χ3n) is 7.36. The Morgan fingerprint density at radius 1 is 0.972 bits per heavy atom. The highest BCUT2D eigenvalue weighted by molar-refractivity contribution is 6.31.